The molecule has 37 heavy (non-hydrogen) atoms. The van der Waals surface area contributed by atoms with Crippen molar-refractivity contribution in [2.24, 2.45) is 0 Å². The number of amides is 2. The third-order valence-corrected chi connectivity index (χ3v) is 7.32. The van der Waals surface area contributed by atoms with Gasteiger partial charge in [0.05, 0.1) is 42.3 Å². The molecular weight excluding hydrogens is 585 g/mol. The van der Waals surface area contributed by atoms with Crippen LogP contribution in [0.15, 0.2) is 57.9 Å². The molecule has 0 fully saturated rings. The highest BCUT2D eigenvalue weighted by Crippen LogP contribution is 2.35. The molecule has 3 aromatic heterocycles. The van der Waals surface area contributed by atoms with E-state index in [-0.39, 0.29) is 36.5 Å². The van der Waals surface area contributed by atoms with Gasteiger partial charge in [0.25, 0.3) is 0 Å². The van der Waals surface area contributed by atoms with Crippen LogP contribution < -0.4 is 20.3 Å². The summed E-state index contributed by atoms with van der Waals surface area (Å²) in [5.74, 6) is 0.601. The zero-order valence-electron chi connectivity index (χ0n) is 20.1. The van der Waals surface area contributed by atoms with Crippen LogP contribution in [0.1, 0.15) is 17.0 Å². The third-order valence-electron chi connectivity index (χ3n) is 5.59. The third kappa shape index (κ3) is 6.27. The van der Waals surface area contributed by atoms with E-state index in [0.717, 1.165) is 10.3 Å². The average molecular weight is 609 g/mol. The summed E-state index contributed by atoms with van der Waals surface area (Å²) < 4.78 is 13.9. The number of carbonyl (C=O) groups excluding carboxylic acids is 2. The van der Waals surface area contributed by atoms with Gasteiger partial charge in [0.2, 0.25) is 11.8 Å². The number of halogens is 3. The minimum Gasteiger partial charge on any atom is -0.485 e. The summed E-state index contributed by atoms with van der Waals surface area (Å²) in [4.78, 5) is 30.7. The summed E-state index contributed by atoms with van der Waals surface area (Å²) in [7, 11) is 1.58. The Morgan fingerprint density at radius 2 is 2.00 bits per heavy atom. The molecule has 9 nitrogen and oxygen atoms in total. The molecule has 0 unspecified atom stereocenters. The number of nitrogens with zero attached hydrogens (tertiary/aromatic N) is 3. The summed E-state index contributed by atoms with van der Waals surface area (Å²) in [6.45, 7) is 2.21. The van der Waals surface area contributed by atoms with E-state index in [2.05, 4.69) is 31.5 Å². The van der Waals surface area contributed by atoms with Crippen LogP contribution in [0.3, 0.4) is 0 Å². The Labute approximate surface area is 231 Å². The van der Waals surface area contributed by atoms with Crippen molar-refractivity contribution in [1.82, 2.24) is 20.0 Å². The summed E-state index contributed by atoms with van der Waals surface area (Å²) in [6.07, 6.45) is 3.44. The van der Waals surface area contributed by atoms with Gasteiger partial charge >= 0.3 is 0 Å². The zero-order valence-corrected chi connectivity index (χ0v) is 23.2. The predicted molar refractivity (Wildman–Crippen MR) is 145 cm³/mol. The summed E-state index contributed by atoms with van der Waals surface area (Å²) in [5.41, 5.74) is 2.44. The number of furan rings is 1. The number of benzene rings is 1. The lowest BCUT2D eigenvalue weighted by molar-refractivity contribution is -0.124. The van der Waals surface area contributed by atoms with Crippen LogP contribution in [0, 0.1) is 6.92 Å². The zero-order chi connectivity index (χ0) is 26.5. The van der Waals surface area contributed by atoms with Crippen LogP contribution in [0.2, 0.25) is 10.0 Å². The van der Waals surface area contributed by atoms with Crippen LogP contribution in [-0.4, -0.2) is 41.3 Å². The molecule has 0 bridgehead atoms. The minimum atomic E-state index is -0.349. The van der Waals surface area contributed by atoms with Crippen LogP contribution >= 0.6 is 39.1 Å². The van der Waals surface area contributed by atoms with Gasteiger partial charge in [0.15, 0.2) is 11.4 Å². The summed E-state index contributed by atoms with van der Waals surface area (Å²) in [5, 5.41) is 6.23. The number of imidazole rings is 1. The first-order valence-corrected chi connectivity index (χ1v) is 12.8. The first kappa shape index (κ1) is 27.0. The fraction of sp³-hybridized carbons (Fsp3) is 0.240. The molecule has 4 rings (SSSR count). The Morgan fingerprint density at radius 3 is 2.76 bits per heavy atom. The molecule has 0 aliphatic heterocycles. The van der Waals surface area contributed by atoms with E-state index in [1.165, 1.54) is 4.90 Å². The average Bonchev–Trinajstić information content (AvgIpc) is 3.50. The van der Waals surface area contributed by atoms with Gasteiger partial charge in [-0.05, 0) is 59.3 Å². The lowest BCUT2D eigenvalue weighted by atomic mass is 10.2. The van der Waals surface area contributed by atoms with E-state index in [0.29, 0.717) is 40.0 Å². The number of anilines is 1. The fourth-order valence-electron chi connectivity index (χ4n) is 3.57. The van der Waals surface area contributed by atoms with Crippen LogP contribution in [0.4, 0.5) is 5.69 Å². The van der Waals surface area contributed by atoms with Gasteiger partial charge < -0.3 is 24.7 Å². The number of hydrogen-bond donors (Lipinski definition) is 2. The molecule has 194 valence electrons. The van der Waals surface area contributed by atoms with Crippen LogP contribution in [0.25, 0.3) is 5.65 Å². The van der Waals surface area contributed by atoms with Crippen molar-refractivity contribution in [2.45, 2.75) is 20.1 Å². The van der Waals surface area contributed by atoms with E-state index in [4.69, 9.17) is 32.4 Å². The number of carbonyl (C=O) groups is 2. The Bertz CT molecular complexity index is 1420. The molecule has 3 heterocycles. The van der Waals surface area contributed by atoms with Crippen LogP contribution in [0.5, 0.6) is 5.75 Å². The molecule has 0 radical (unpaired) electrons. The van der Waals surface area contributed by atoms with E-state index >= 15 is 0 Å². The molecule has 0 aliphatic carbocycles. The van der Waals surface area contributed by atoms with Gasteiger partial charge in [-0.25, -0.2) is 4.98 Å². The van der Waals surface area contributed by atoms with Gasteiger partial charge in [0, 0.05) is 23.8 Å². The second-order valence-corrected chi connectivity index (χ2v) is 9.65. The largest absolute Gasteiger partial charge is 0.485 e. The second-order valence-electron chi connectivity index (χ2n) is 8.11. The van der Waals surface area contributed by atoms with Crippen molar-refractivity contribution >= 4 is 62.3 Å². The quantitative estimate of drug-likeness (QED) is 0.269. The Morgan fingerprint density at radius 1 is 1.19 bits per heavy atom. The second kappa shape index (κ2) is 12.0. The maximum Gasteiger partial charge on any atom is 0.246 e. The number of fused-ring (bicyclic) bond motifs is 1. The van der Waals surface area contributed by atoms with Gasteiger partial charge in [-0.1, -0.05) is 23.2 Å². The smallest absolute Gasteiger partial charge is 0.246 e. The van der Waals surface area contributed by atoms with Gasteiger partial charge in [-0.3, -0.25) is 14.0 Å². The number of aryl methyl sites for hydroxylation is 1. The maximum atomic E-state index is 12.8. The monoisotopic (exact) mass is 607 g/mol. The topological polar surface area (TPSA) is 101 Å². The lowest BCUT2D eigenvalue weighted by Crippen LogP contribution is -2.41. The number of likely N-dealkylation sites (N-methyl/N-ethyl adjacent to an activating group) is 1. The molecule has 1 aromatic carbocycles. The Kier molecular flexibility index (Phi) is 8.75. The molecule has 4 aromatic rings. The number of rotatable bonds is 10. The number of aromatic nitrogens is 2. The molecule has 0 aliphatic rings. The van der Waals surface area contributed by atoms with E-state index in [1.807, 2.05) is 29.7 Å². The van der Waals surface area contributed by atoms with Crippen molar-refractivity contribution in [3.05, 3.63) is 80.5 Å². The fourth-order valence-corrected chi connectivity index (χ4v) is 4.55. The van der Waals surface area contributed by atoms with Crippen molar-refractivity contribution in [3.8, 4) is 5.75 Å². The number of hydrogen-bond acceptors (Lipinski definition) is 6. The van der Waals surface area contributed by atoms with Crippen molar-refractivity contribution in [1.29, 1.82) is 0 Å². The summed E-state index contributed by atoms with van der Waals surface area (Å²) in [6, 6.07) is 10.5. The molecule has 2 amide bonds. The molecule has 12 heteroatoms. The van der Waals surface area contributed by atoms with Gasteiger partial charge in [0.1, 0.15) is 17.0 Å². The number of ether oxygens (including phenoxy) is 1. The Hall–Kier alpha value is -3.05. The van der Waals surface area contributed by atoms with E-state index in [1.54, 1.807) is 37.6 Å². The normalized spacial score (nSPS) is 11.1. The number of nitrogens with one attached hydrogen (secondary N) is 2. The van der Waals surface area contributed by atoms with E-state index in [9.17, 15) is 9.59 Å². The van der Waals surface area contributed by atoms with Crippen molar-refractivity contribution in [3.63, 3.8) is 0 Å². The highest BCUT2D eigenvalue weighted by molar-refractivity contribution is 9.10. The lowest BCUT2D eigenvalue weighted by Gasteiger charge is -2.21. The minimum absolute atomic E-state index is 0.0419. The first-order chi connectivity index (χ1) is 17.8. The van der Waals surface area contributed by atoms with E-state index < -0.39 is 0 Å². The molecule has 0 spiro atoms. The molecule has 2 N–H and O–H groups in total. The maximum absolute atomic E-state index is 12.8. The molecule has 0 saturated heterocycles. The van der Waals surface area contributed by atoms with Gasteiger partial charge in [-0.2, -0.15) is 0 Å². The van der Waals surface area contributed by atoms with Gasteiger partial charge in [-0.15, -0.1) is 0 Å². The standard InChI is InChI=1S/C25H24BrCl2N5O4/c1-15-24(26)33-9-3-6-20(25(33)31-15)37-14-17-18(27)7-8-19(23(17)28)32(2)22(35)13-30-21(34)12-29-11-16-5-4-10-36-16/h3-10,29H,11-14H2,1-2H3,(H,30,34). The number of pyridine rings is 1. The molecular formula is C25H24BrCl2N5O4. The van der Waals surface area contributed by atoms with Crippen LogP contribution in [-0.2, 0) is 22.7 Å². The predicted octanol–water partition coefficient (Wildman–Crippen LogP) is 4.75. The van der Waals surface area contributed by atoms with Crippen molar-refractivity contribution < 1.29 is 18.7 Å². The highest BCUT2D eigenvalue weighted by atomic mass is 79.9. The molecule has 0 saturated carbocycles. The highest BCUT2D eigenvalue weighted by Gasteiger charge is 2.20. The summed E-state index contributed by atoms with van der Waals surface area (Å²) >= 11 is 16.6. The SMILES string of the molecule is Cc1nc2c(OCc3c(Cl)ccc(N(C)C(=O)CNC(=O)CNCc4ccco4)c3Cl)cccn2c1Br. The molecule has 0 atom stereocenters. The first-order valence-electron chi connectivity index (χ1n) is 11.3. The van der Waals surface area contributed by atoms with Crippen molar-refractivity contribution in [2.75, 3.05) is 25.0 Å². The Balaban J connectivity index is 1.38.